The van der Waals surface area contributed by atoms with Crippen molar-refractivity contribution >= 4 is 19.4 Å². The summed E-state index contributed by atoms with van der Waals surface area (Å²) < 4.78 is 4.85. The number of aliphatic hydroxyl groups is 1. The molecule has 0 aliphatic carbocycles. The third-order valence-electron chi connectivity index (χ3n) is 2.22. The molecule has 1 atom stereocenters. The molecule has 0 aliphatic rings. The van der Waals surface area contributed by atoms with Crippen LogP contribution in [0.2, 0.25) is 0 Å². The molecule has 0 amide bonds. The van der Waals surface area contributed by atoms with Gasteiger partial charge in [-0.1, -0.05) is 36.9 Å². The molecule has 0 heterocycles. The third-order valence-corrected chi connectivity index (χ3v) is 3.21. The molecule has 17 heavy (non-hydrogen) atoms. The highest BCUT2D eigenvalue weighted by Gasteiger charge is 2.00. The van der Waals surface area contributed by atoms with Crippen molar-refractivity contribution in [2.75, 3.05) is 13.2 Å². The topological polar surface area (TPSA) is 52.5 Å². The van der Waals surface area contributed by atoms with Crippen molar-refractivity contribution in [1.29, 1.82) is 0 Å². The number of hydrogen-bond acceptors (Lipinski definition) is 3. The van der Waals surface area contributed by atoms with Crippen LogP contribution in [0.5, 0.6) is 0 Å². The third kappa shape index (κ3) is 5.76. The number of rotatable bonds is 7. The number of hydrogen-bond donors (Lipinski definition) is 1. The number of aliphatic hydroxyl groups excluding tert-OH is 1. The van der Waals surface area contributed by atoms with E-state index in [4.69, 9.17) is 9.63 Å². The van der Waals surface area contributed by atoms with Crippen molar-refractivity contribution in [2.24, 2.45) is 0 Å². The lowest BCUT2D eigenvalue weighted by Gasteiger charge is -2.02. The van der Waals surface area contributed by atoms with E-state index in [-0.39, 0.29) is 13.2 Å². The summed E-state index contributed by atoms with van der Waals surface area (Å²) >= 11 is 0. The average molecular weight is 252 g/mol. The van der Waals surface area contributed by atoms with E-state index in [1.807, 2.05) is 30.3 Å². The first-order valence-electron chi connectivity index (χ1n) is 5.50. The van der Waals surface area contributed by atoms with Gasteiger partial charge in [0, 0.05) is 6.42 Å². The summed E-state index contributed by atoms with van der Waals surface area (Å²) in [5, 5.41) is 8.50. The van der Waals surface area contributed by atoms with Crippen molar-refractivity contribution in [3.05, 3.63) is 42.5 Å². The summed E-state index contributed by atoms with van der Waals surface area (Å²) in [6, 6.07) is 9.90. The second-order valence-corrected chi connectivity index (χ2v) is 4.73. The minimum Gasteiger partial charge on any atom is -0.603 e. The largest absolute Gasteiger partial charge is 0.603 e. The minimum absolute atomic E-state index is 0.106. The molecule has 0 fully saturated rings. The van der Waals surface area contributed by atoms with Crippen LogP contribution in [-0.4, -0.2) is 24.1 Å². The fourth-order valence-electron chi connectivity index (χ4n) is 1.35. The molecule has 0 bridgehead atoms. The lowest BCUT2D eigenvalue weighted by molar-refractivity contribution is -0.172. The zero-order valence-corrected chi connectivity index (χ0v) is 10.6. The van der Waals surface area contributed by atoms with Crippen LogP contribution >= 0.6 is 8.00 Å². The SMILES string of the molecule is C=C(CC/C=[P+](\[O-])OCCO)c1ccccc1. The van der Waals surface area contributed by atoms with E-state index < -0.39 is 8.00 Å². The van der Waals surface area contributed by atoms with Crippen molar-refractivity contribution in [1.82, 2.24) is 0 Å². The van der Waals surface area contributed by atoms with Gasteiger partial charge in [-0.3, -0.25) is 0 Å². The summed E-state index contributed by atoms with van der Waals surface area (Å²) in [4.78, 5) is 11.2. The lowest BCUT2D eigenvalue weighted by atomic mass is 10.0. The second-order valence-electron chi connectivity index (χ2n) is 3.53. The van der Waals surface area contributed by atoms with E-state index in [1.54, 1.807) is 5.80 Å². The van der Waals surface area contributed by atoms with Crippen LogP contribution in [-0.2, 0) is 4.52 Å². The first-order valence-corrected chi connectivity index (χ1v) is 6.75. The van der Waals surface area contributed by atoms with E-state index in [0.29, 0.717) is 6.42 Å². The molecule has 1 N–H and O–H groups in total. The molecule has 1 aromatic rings. The molecule has 0 aromatic heterocycles. The highest BCUT2D eigenvalue weighted by atomic mass is 31.1. The van der Waals surface area contributed by atoms with Gasteiger partial charge in [0.2, 0.25) is 8.00 Å². The Kier molecular flexibility index (Phi) is 6.75. The molecule has 1 rings (SSSR count). The highest BCUT2D eigenvalue weighted by molar-refractivity contribution is 7.44. The lowest BCUT2D eigenvalue weighted by Crippen LogP contribution is -2.00. The minimum atomic E-state index is -1.76. The van der Waals surface area contributed by atoms with Gasteiger partial charge in [0.1, 0.15) is 12.4 Å². The Morgan fingerprint density at radius 2 is 2.12 bits per heavy atom. The van der Waals surface area contributed by atoms with Crippen molar-refractivity contribution in [3.8, 4) is 0 Å². The summed E-state index contributed by atoms with van der Waals surface area (Å²) in [6.45, 7) is 4.00. The van der Waals surface area contributed by atoms with Crippen LogP contribution in [0, 0.1) is 0 Å². The molecule has 4 heteroatoms. The van der Waals surface area contributed by atoms with Crippen molar-refractivity contribution in [3.63, 3.8) is 0 Å². The van der Waals surface area contributed by atoms with E-state index in [2.05, 4.69) is 6.58 Å². The molecule has 0 radical (unpaired) electrons. The quantitative estimate of drug-likeness (QED) is 0.755. The Morgan fingerprint density at radius 1 is 1.41 bits per heavy atom. The summed E-state index contributed by atoms with van der Waals surface area (Å²) in [5.74, 6) is 1.62. The maximum absolute atomic E-state index is 11.2. The molecule has 3 nitrogen and oxygen atoms in total. The fraction of sp³-hybridized carbons (Fsp3) is 0.308. The maximum Gasteiger partial charge on any atom is 0.216 e. The molecule has 1 unspecified atom stereocenters. The van der Waals surface area contributed by atoms with E-state index in [1.165, 1.54) is 0 Å². The normalized spacial score (nSPS) is 11.5. The van der Waals surface area contributed by atoms with Crippen molar-refractivity contribution in [2.45, 2.75) is 12.8 Å². The zero-order valence-electron chi connectivity index (χ0n) is 9.71. The van der Waals surface area contributed by atoms with Gasteiger partial charge in [-0.05, 0) is 17.6 Å². The van der Waals surface area contributed by atoms with Gasteiger partial charge in [-0.15, -0.1) is 0 Å². The van der Waals surface area contributed by atoms with E-state index >= 15 is 0 Å². The fourth-order valence-corrected chi connectivity index (χ4v) is 2.05. The molecule has 0 aliphatic heterocycles. The predicted molar refractivity (Wildman–Crippen MR) is 70.7 cm³/mol. The number of benzene rings is 1. The van der Waals surface area contributed by atoms with Crippen LogP contribution in [0.15, 0.2) is 36.9 Å². The first-order chi connectivity index (χ1) is 8.24. The van der Waals surface area contributed by atoms with Crippen LogP contribution in [0.1, 0.15) is 18.4 Å². The molecular weight excluding hydrogens is 235 g/mol. The van der Waals surface area contributed by atoms with E-state index in [0.717, 1.165) is 17.6 Å². The van der Waals surface area contributed by atoms with Gasteiger partial charge in [-0.2, -0.15) is 4.52 Å². The van der Waals surface area contributed by atoms with Gasteiger partial charge in [0.15, 0.2) is 0 Å². The van der Waals surface area contributed by atoms with Crippen molar-refractivity contribution < 1.29 is 14.5 Å². The highest BCUT2D eigenvalue weighted by Crippen LogP contribution is 2.19. The van der Waals surface area contributed by atoms with Crippen LogP contribution < -0.4 is 4.89 Å². The zero-order chi connectivity index (χ0) is 12.5. The van der Waals surface area contributed by atoms with Gasteiger partial charge in [0.05, 0.1) is 6.61 Å². The van der Waals surface area contributed by atoms with Gasteiger partial charge >= 0.3 is 0 Å². The van der Waals surface area contributed by atoms with E-state index in [9.17, 15) is 4.89 Å². The smallest absolute Gasteiger partial charge is 0.216 e. The monoisotopic (exact) mass is 252 g/mol. The van der Waals surface area contributed by atoms with Gasteiger partial charge < -0.3 is 10.00 Å². The first kappa shape index (κ1) is 14.1. The Balaban J connectivity index is 2.34. The number of allylic oxidation sites excluding steroid dienone is 1. The summed E-state index contributed by atoms with van der Waals surface area (Å²) in [6.07, 6.45) is 1.42. The van der Waals surface area contributed by atoms with Crippen LogP contribution in [0.25, 0.3) is 5.57 Å². The molecule has 0 saturated carbocycles. The van der Waals surface area contributed by atoms with Crippen LogP contribution in [0.3, 0.4) is 0 Å². The Hall–Kier alpha value is -0.990. The average Bonchev–Trinajstić information content (AvgIpc) is 2.37. The van der Waals surface area contributed by atoms with Gasteiger partial charge in [0.25, 0.3) is 0 Å². The van der Waals surface area contributed by atoms with Crippen LogP contribution in [0.4, 0.5) is 0 Å². The molecule has 0 saturated heterocycles. The maximum atomic E-state index is 11.2. The van der Waals surface area contributed by atoms with Gasteiger partial charge in [-0.25, -0.2) is 0 Å². The summed E-state index contributed by atoms with van der Waals surface area (Å²) in [5.41, 5.74) is 2.12. The Labute approximate surface area is 103 Å². The summed E-state index contributed by atoms with van der Waals surface area (Å²) in [7, 11) is -1.76. The molecular formula is C13H17O3P. The molecule has 1 aromatic carbocycles. The molecule has 92 valence electrons. The predicted octanol–water partition coefficient (Wildman–Crippen LogP) is 1.96. The Bertz CT molecular complexity index is 374. The second kappa shape index (κ2) is 8.15. The standard InChI is InChI=1S/C13H17O3P/c1-12(13-7-3-2-4-8-13)6-5-11-17(15)16-10-9-14/h2-4,7-8,11,14H,1,5-6,9-10H2. The molecule has 0 spiro atoms. The Morgan fingerprint density at radius 3 is 2.76 bits per heavy atom.